The number of hydrogen-bond donors (Lipinski definition) is 0. The van der Waals surface area contributed by atoms with Crippen molar-refractivity contribution in [1.29, 1.82) is 0 Å². The summed E-state index contributed by atoms with van der Waals surface area (Å²) in [6.07, 6.45) is 16.7. The molecule has 4 fully saturated rings. The van der Waals surface area contributed by atoms with Crippen LogP contribution in [-0.4, -0.2) is 25.8 Å². The zero-order chi connectivity index (χ0) is 23.8. The largest absolute Gasteiger partial charge is 0.467 e. The maximum absolute atomic E-state index is 11.5. The van der Waals surface area contributed by atoms with Gasteiger partial charge in [0.15, 0.2) is 0 Å². The molecule has 0 unspecified atom stereocenters. The molecular formula is C30H52O3. The highest BCUT2D eigenvalue weighted by Gasteiger charge is 2.60. The van der Waals surface area contributed by atoms with Gasteiger partial charge in [-0.25, -0.2) is 4.79 Å². The van der Waals surface area contributed by atoms with Crippen LogP contribution in [0.15, 0.2) is 0 Å². The lowest BCUT2D eigenvalue weighted by Gasteiger charge is -2.61. The fourth-order valence-electron chi connectivity index (χ4n) is 9.64. The summed E-state index contributed by atoms with van der Waals surface area (Å²) in [4.78, 5) is 11.5. The zero-order valence-electron chi connectivity index (χ0n) is 22.5. The minimum Gasteiger partial charge on any atom is -0.467 e. The third-order valence-corrected chi connectivity index (χ3v) is 11.5. The van der Waals surface area contributed by atoms with E-state index in [0.717, 1.165) is 54.3 Å². The molecule has 0 saturated heterocycles. The minimum atomic E-state index is -0.243. The Morgan fingerprint density at radius 1 is 0.909 bits per heavy atom. The Balaban J connectivity index is 1.39. The van der Waals surface area contributed by atoms with Crippen LogP contribution in [0.3, 0.4) is 0 Å². The average molecular weight is 461 g/mol. The molecule has 3 nitrogen and oxygen atoms in total. The van der Waals surface area contributed by atoms with E-state index in [2.05, 4.69) is 34.6 Å². The summed E-state index contributed by atoms with van der Waals surface area (Å²) >= 11 is 0. The first kappa shape index (κ1) is 25.5. The van der Waals surface area contributed by atoms with Crippen LogP contribution in [-0.2, 0) is 14.3 Å². The van der Waals surface area contributed by atoms with Gasteiger partial charge in [-0.05, 0) is 110 Å². The van der Waals surface area contributed by atoms with E-state index in [4.69, 9.17) is 9.47 Å². The third kappa shape index (κ3) is 4.91. The van der Waals surface area contributed by atoms with Crippen LogP contribution in [0.25, 0.3) is 0 Å². The van der Waals surface area contributed by atoms with Crippen molar-refractivity contribution in [3.63, 3.8) is 0 Å². The number of hydrogen-bond acceptors (Lipinski definition) is 3. The Morgan fingerprint density at radius 3 is 2.36 bits per heavy atom. The van der Waals surface area contributed by atoms with Gasteiger partial charge in [0.25, 0.3) is 0 Å². The lowest BCUT2D eigenvalue weighted by Crippen LogP contribution is -2.54. The molecule has 0 amide bonds. The van der Waals surface area contributed by atoms with Crippen LogP contribution in [0.5, 0.6) is 0 Å². The van der Waals surface area contributed by atoms with Gasteiger partial charge in [0, 0.05) is 0 Å². The number of rotatable bonds is 8. The minimum absolute atomic E-state index is 0.119. The van der Waals surface area contributed by atoms with Crippen LogP contribution in [0, 0.1) is 52.3 Å². The van der Waals surface area contributed by atoms with E-state index in [9.17, 15) is 4.79 Å². The van der Waals surface area contributed by atoms with Gasteiger partial charge in [-0.2, -0.15) is 0 Å². The van der Waals surface area contributed by atoms with Crippen molar-refractivity contribution in [2.45, 2.75) is 118 Å². The maximum Gasteiger partial charge on any atom is 0.331 e. The topological polar surface area (TPSA) is 35.5 Å². The van der Waals surface area contributed by atoms with Crippen molar-refractivity contribution >= 4 is 5.97 Å². The second-order valence-corrected chi connectivity index (χ2v) is 13.5. The summed E-state index contributed by atoms with van der Waals surface area (Å²) < 4.78 is 10.7. The first-order valence-corrected chi connectivity index (χ1v) is 14.4. The van der Waals surface area contributed by atoms with Crippen LogP contribution >= 0.6 is 0 Å². The van der Waals surface area contributed by atoms with E-state index in [1.165, 1.54) is 71.3 Å². The lowest BCUT2D eigenvalue weighted by atomic mass is 9.44. The summed E-state index contributed by atoms with van der Waals surface area (Å²) in [7, 11) is 1.45. The van der Waals surface area contributed by atoms with Gasteiger partial charge in [-0.1, -0.05) is 53.9 Å². The Bertz CT molecular complexity index is 673. The molecule has 3 heteroatoms. The molecule has 0 bridgehead atoms. The fourth-order valence-corrected chi connectivity index (χ4v) is 9.64. The van der Waals surface area contributed by atoms with E-state index in [0.29, 0.717) is 10.8 Å². The van der Waals surface area contributed by atoms with Gasteiger partial charge in [-0.3, -0.25) is 0 Å². The standard InChI is InChI=1S/C30H52O3/c1-20(2)8-7-9-21(3)25-12-13-26-24-11-10-22-18-23(33-19-28(31)32-6)14-16-29(22,4)27(24)15-17-30(25,26)5/h20-27H,7-19H2,1-6H3/t21-,22+,23+,24+,25-,26+,27+,29+,30-/m1/s1. The molecule has 190 valence electrons. The number of carbonyl (C=O) groups excluding carboxylic acids is 1. The van der Waals surface area contributed by atoms with E-state index in [-0.39, 0.29) is 18.7 Å². The molecule has 4 saturated carbocycles. The Labute approximate surface area is 204 Å². The molecular weight excluding hydrogens is 408 g/mol. The monoisotopic (exact) mass is 460 g/mol. The van der Waals surface area contributed by atoms with Crippen molar-refractivity contribution in [2.75, 3.05) is 13.7 Å². The number of fused-ring (bicyclic) bond motifs is 5. The quantitative estimate of drug-likeness (QED) is 0.349. The van der Waals surface area contributed by atoms with E-state index in [1.807, 2.05) is 0 Å². The summed E-state index contributed by atoms with van der Waals surface area (Å²) in [6, 6.07) is 0. The second kappa shape index (κ2) is 10.2. The molecule has 0 N–H and O–H groups in total. The van der Waals surface area contributed by atoms with Crippen molar-refractivity contribution in [2.24, 2.45) is 52.3 Å². The number of carbonyl (C=O) groups is 1. The first-order valence-electron chi connectivity index (χ1n) is 14.4. The first-order chi connectivity index (χ1) is 15.7. The highest BCUT2D eigenvalue weighted by molar-refractivity contribution is 5.70. The molecule has 0 heterocycles. The fraction of sp³-hybridized carbons (Fsp3) is 0.967. The molecule has 4 aliphatic rings. The molecule has 0 aromatic heterocycles. The zero-order valence-corrected chi connectivity index (χ0v) is 22.5. The van der Waals surface area contributed by atoms with Gasteiger partial charge in [0.2, 0.25) is 0 Å². The SMILES string of the molecule is COC(=O)CO[C@H]1CC[C@@]2(C)[C@@H](CC[C@@H]3[C@@H]2CC[C@]2(C)[C@@H]([C@H](C)CCCC(C)C)CC[C@@H]32)C1. The van der Waals surface area contributed by atoms with E-state index in [1.54, 1.807) is 0 Å². The van der Waals surface area contributed by atoms with Crippen LogP contribution in [0.4, 0.5) is 0 Å². The summed E-state index contributed by atoms with van der Waals surface area (Å²) in [5, 5.41) is 0. The van der Waals surface area contributed by atoms with Crippen LogP contribution in [0.2, 0.25) is 0 Å². The van der Waals surface area contributed by atoms with Gasteiger partial charge < -0.3 is 9.47 Å². The van der Waals surface area contributed by atoms with Crippen LogP contribution < -0.4 is 0 Å². The predicted octanol–water partition coefficient (Wildman–Crippen LogP) is 7.67. The molecule has 4 aliphatic carbocycles. The van der Waals surface area contributed by atoms with E-state index < -0.39 is 0 Å². The molecule has 4 rings (SSSR count). The van der Waals surface area contributed by atoms with E-state index >= 15 is 0 Å². The normalized spacial score (nSPS) is 43.5. The number of esters is 1. The van der Waals surface area contributed by atoms with Gasteiger partial charge in [0.1, 0.15) is 6.61 Å². The highest BCUT2D eigenvalue weighted by atomic mass is 16.6. The number of methoxy groups -OCH3 is 1. The Morgan fingerprint density at radius 2 is 1.64 bits per heavy atom. The Kier molecular flexibility index (Phi) is 7.88. The average Bonchev–Trinajstić information content (AvgIpc) is 3.14. The van der Waals surface area contributed by atoms with Crippen molar-refractivity contribution in [1.82, 2.24) is 0 Å². The second-order valence-electron chi connectivity index (χ2n) is 13.5. The maximum atomic E-state index is 11.5. The Hall–Kier alpha value is -0.570. The molecule has 0 radical (unpaired) electrons. The summed E-state index contributed by atoms with van der Waals surface area (Å²) in [6.45, 7) is 12.8. The van der Waals surface area contributed by atoms with Crippen LogP contribution in [0.1, 0.15) is 112 Å². The van der Waals surface area contributed by atoms with Crippen molar-refractivity contribution in [3.05, 3.63) is 0 Å². The smallest absolute Gasteiger partial charge is 0.331 e. The molecule has 0 aliphatic heterocycles. The van der Waals surface area contributed by atoms with Crippen molar-refractivity contribution < 1.29 is 14.3 Å². The van der Waals surface area contributed by atoms with Gasteiger partial charge in [0.05, 0.1) is 13.2 Å². The molecule has 0 aromatic rings. The predicted molar refractivity (Wildman–Crippen MR) is 135 cm³/mol. The molecule has 9 atom stereocenters. The molecule has 0 spiro atoms. The van der Waals surface area contributed by atoms with Gasteiger partial charge >= 0.3 is 5.97 Å². The van der Waals surface area contributed by atoms with Crippen molar-refractivity contribution in [3.8, 4) is 0 Å². The highest BCUT2D eigenvalue weighted by Crippen LogP contribution is 2.68. The summed E-state index contributed by atoms with van der Waals surface area (Å²) in [5.74, 6) is 6.03. The molecule has 0 aromatic carbocycles. The molecule has 33 heavy (non-hydrogen) atoms. The lowest BCUT2D eigenvalue weighted by molar-refractivity contribution is -0.156. The number of ether oxygens (including phenoxy) is 2. The summed E-state index contributed by atoms with van der Waals surface area (Å²) in [5.41, 5.74) is 1.07. The third-order valence-electron chi connectivity index (χ3n) is 11.5. The van der Waals surface area contributed by atoms with Gasteiger partial charge in [-0.15, -0.1) is 0 Å².